The quantitative estimate of drug-likeness (QED) is 0.888. The lowest BCUT2D eigenvalue weighted by Gasteiger charge is -2.25. The van der Waals surface area contributed by atoms with Crippen molar-refractivity contribution < 1.29 is 0 Å². The molecule has 1 aromatic heterocycles. The zero-order chi connectivity index (χ0) is 13.7. The Balaban J connectivity index is 2.39. The van der Waals surface area contributed by atoms with Crippen LogP contribution in [-0.4, -0.2) is 18.6 Å². The molecule has 0 spiro atoms. The van der Waals surface area contributed by atoms with E-state index in [0.717, 1.165) is 13.1 Å². The van der Waals surface area contributed by atoms with E-state index in [9.17, 15) is 0 Å². The summed E-state index contributed by atoms with van der Waals surface area (Å²) in [7, 11) is 1.96. The maximum atomic E-state index is 4.22. The first kappa shape index (κ1) is 13.6. The summed E-state index contributed by atoms with van der Waals surface area (Å²) < 4.78 is 0. The van der Waals surface area contributed by atoms with Crippen molar-refractivity contribution in [1.82, 2.24) is 10.3 Å². The van der Waals surface area contributed by atoms with Crippen LogP contribution in [0.1, 0.15) is 18.1 Å². The van der Waals surface area contributed by atoms with Gasteiger partial charge in [0, 0.05) is 42.4 Å². The Bertz CT molecular complexity index is 520. The number of pyridine rings is 1. The number of hydrogen-bond donors (Lipinski definition) is 1. The van der Waals surface area contributed by atoms with E-state index in [2.05, 4.69) is 59.4 Å². The molecule has 0 radical (unpaired) electrons. The number of benzene rings is 1. The van der Waals surface area contributed by atoms with Gasteiger partial charge in [0.25, 0.3) is 0 Å². The van der Waals surface area contributed by atoms with Crippen LogP contribution in [0.5, 0.6) is 0 Å². The second kappa shape index (κ2) is 6.34. The Morgan fingerprint density at radius 1 is 1.16 bits per heavy atom. The highest BCUT2D eigenvalue weighted by Crippen LogP contribution is 2.27. The van der Waals surface area contributed by atoms with Crippen molar-refractivity contribution in [2.75, 3.05) is 18.5 Å². The molecule has 1 aromatic carbocycles. The zero-order valence-corrected chi connectivity index (χ0v) is 11.9. The van der Waals surface area contributed by atoms with Crippen LogP contribution in [0.2, 0.25) is 0 Å². The van der Waals surface area contributed by atoms with Gasteiger partial charge in [-0.15, -0.1) is 0 Å². The van der Waals surface area contributed by atoms with Gasteiger partial charge in [-0.25, -0.2) is 0 Å². The van der Waals surface area contributed by atoms with Crippen molar-refractivity contribution in [3.63, 3.8) is 0 Å². The fraction of sp³-hybridized carbons (Fsp3) is 0.312. The molecule has 0 aliphatic rings. The normalized spacial score (nSPS) is 10.5. The van der Waals surface area contributed by atoms with Crippen molar-refractivity contribution >= 4 is 11.4 Å². The molecule has 1 N–H and O–H groups in total. The van der Waals surface area contributed by atoms with E-state index in [1.807, 2.05) is 19.4 Å². The second-order valence-electron chi connectivity index (χ2n) is 4.61. The first-order chi connectivity index (χ1) is 9.26. The standard InChI is InChI=1S/C16H21N3/c1-4-19(15-7-5-13(2)6-8-15)16-9-10-18-12-14(16)11-17-3/h5-10,12,17H,4,11H2,1-3H3. The van der Waals surface area contributed by atoms with E-state index in [0.29, 0.717) is 0 Å². The molecule has 0 saturated carbocycles. The summed E-state index contributed by atoms with van der Waals surface area (Å²) in [5.74, 6) is 0. The largest absolute Gasteiger partial charge is 0.341 e. The number of hydrogen-bond acceptors (Lipinski definition) is 3. The molecule has 0 aliphatic carbocycles. The molecule has 0 unspecified atom stereocenters. The van der Waals surface area contributed by atoms with E-state index < -0.39 is 0 Å². The first-order valence-corrected chi connectivity index (χ1v) is 6.68. The minimum Gasteiger partial charge on any atom is -0.341 e. The molecular weight excluding hydrogens is 234 g/mol. The van der Waals surface area contributed by atoms with Gasteiger partial charge >= 0.3 is 0 Å². The summed E-state index contributed by atoms with van der Waals surface area (Å²) in [6.07, 6.45) is 3.79. The molecule has 2 aromatic rings. The van der Waals surface area contributed by atoms with E-state index in [-0.39, 0.29) is 0 Å². The van der Waals surface area contributed by atoms with E-state index in [1.54, 1.807) is 0 Å². The lowest BCUT2D eigenvalue weighted by molar-refractivity contribution is 0.808. The molecule has 2 rings (SSSR count). The van der Waals surface area contributed by atoms with Gasteiger partial charge in [-0.2, -0.15) is 0 Å². The molecule has 3 nitrogen and oxygen atoms in total. The predicted octanol–water partition coefficient (Wildman–Crippen LogP) is 3.27. The fourth-order valence-corrected chi connectivity index (χ4v) is 2.23. The molecule has 0 fully saturated rings. The number of aromatic nitrogens is 1. The minimum absolute atomic E-state index is 0.825. The predicted molar refractivity (Wildman–Crippen MR) is 80.9 cm³/mol. The number of nitrogens with one attached hydrogen (secondary N) is 1. The second-order valence-corrected chi connectivity index (χ2v) is 4.61. The summed E-state index contributed by atoms with van der Waals surface area (Å²) in [5, 5.41) is 3.20. The molecule has 1 heterocycles. The summed E-state index contributed by atoms with van der Waals surface area (Å²) in [5.41, 5.74) is 4.93. The van der Waals surface area contributed by atoms with Crippen LogP contribution < -0.4 is 10.2 Å². The SMILES string of the molecule is CCN(c1ccc(C)cc1)c1ccncc1CNC. The Morgan fingerprint density at radius 3 is 2.53 bits per heavy atom. The van der Waals surface area contributed by atoms with Crippen LogP contribution in [0.15, 0.2) is 42.7 Å². The van der Waals surface area contributed by atoms with E-state index >= 15 is 0 Å². The maximum absolute atomic E-state index is 4.22. The van der Waals surface area contributed by atoms with Gasteiger partial charge in [0.2, 0.25) is 0 Å². The van der Waals surface area contributed by atoms with Gasteiger partial charge in [-0.3, -0.25) is 4.98 Å². The summed E-state index contributed by atoms with van der Waals surface area (Å²) in [6.45, 7) is 6.04. The van der Waals surface area contributed by atoms with Crippen LogP contribution in [0.25, 0.3) is 0 Å². The smallest absolute Gasteiger partial charge is 0.0487 e. The van der Waals surface area contributed by atoms with Gasteiger partial charge < -0.3 is 10.2 Å². The molecule has 0 atom stereocenters. The van der Waals surface area contributed by atoms with Crippen LogP contribution in [-0.2, 0) is 6.54 Å². The highest BCUT2D eigenvalue weighted by atomic mass is 15.1. The minimum atomic E-state index is 0.825. The zero-order valence-electron chi connectivity index (χ0n) is 11.9. The monoisotopic (exact) mass is 255 g/mol. The highest BCUT2D eigenvalue weighted by molar-refractivity contribution is 5.66. The van der Waals surface area contributed by atoms with Gasteiger partial charge in [-0.05, 0) is 39.1 Å². The lowest BCUT2D eigenvalue weighted by Crippen LogP contribution is -2.19. The third-order valence-corrected chi connectivity index (χ3v) is 3.20. The first-order valence-electron chi connectivity index (χ1n) is 6.68. The summed E-state index contributed by atoms with van der Waals surface area (Å²) >= 11 is 0. The molecule has 0 saturated heterocycles. The van der Waals surface area contributed by atoms with Crippen LogP contribution >= 0.6 is 0 Å². The van der Waals surface area contributed by atoms with Crippen molar-refractivity contribution in [3.05, 3.63) is 53.9 Å². The highest BCUT2D eigenvalue weighted by Gasteiger charge is 2.11. The Labute approximate surface area is 115 Å². The van der Waals surface area contributed by atoms with E-state index in [4.69, 9.17) is 0 Å². The number of rotatable bonds is 5. The van der Waals surface area contributed by atoms with Gasteiger partial charge in [-0.1, -0.05) is 17.7 Å². The third kappa shape index (κ3) is 3.12. The van der Waals surface area contributed by atoms with E-state index in [1.165, 1.54) is 22.5 Å². The number of anilines is 2. The maximum Gasteiger partial charge on any atom is 0.0487 e. The molecule has 0 amide bonds. The Morgan fingerprint density at radius 2 is 1.89 bits per heavy atom. The van der Waals surface area contributed by atoms with Crippen molar-refractivity contribution in [1.29, 1.82) is 0 Å². The van der Waals surface area contributed by atoms with Crippen LogP contribution in [0.4, 0.5) is 11.4 Å². The Hall–Kier alpha value is -1.87. The molecule has 0 aliphatic heterocycles. The number of aryl methyl sites for hydroxylation is 1. The lowest BCUT2D eigenvalue weighted by atomic mass is 10.1. The third-order valence-electron chi connectivity index (χ3n) is 3.20. The molecule has 19 heavy (non-hydrogen) atoms. The average Bonchev–Trinajstić information content (AvgIpc) is 2.44. The molecule has 0 bridgehead atoms. The van der Waals surface area contributed by atoms with Crippen LogP contribution in [0.3, 0.4) is 0 Å². The summed E-state index contributed by atoms with van der Waals surface area (Å²) in [6, 6.07) is 10.7. The average molecular weight is 255 g/mol. The fourth-order valence-electron chi connectivity index (χ4n) is 2.23. The van der Waals surface area contributed by atoms with Gasteiger partial charge in [0.05, 0.1) is 0 Å². The number of nitrogens with zero attached hydrogens (tertiary/aromatic N) is 2. The molecular formula is C16H21N3. The van der Waals surface area contributed by atoms with Gasteiger partial charge in [0.1, 0.15) is 0 Å². The topological polar surface area (TPSA) is 28.2 Å². The molecule has 100 valence electrons. The molecule has 3 heteroatoms. The van der Waals surface area contributed by atoms with Crippen molar-refractivity contribution in [2.45, 2.75) is 20.4 Å². The Kier molecular flexibility index (Phi) is 4.53. The van der Waals surface area contributed by atoms with Crippen molar-refractivity contribution in [3.8, 4) is 0 Å². The summed E-state index contributed by atoms with van der Waals surface area (Å²) in [4.78, 5) is 6.54. The van der Waals surface area contributed by atoms with Gasteiger partial charge in [0.15, 0.2) is 0 Å². The van der Waals surface area contributed by atoms with Crippen LogP contribution in [0, 0.1) is 6.92 Å². The van der Waals surface area contributed by atoms with Crippen molar-refractivity contribution in [2.24, 2.45) is 0 Å².